The fourth-order valence-electron chi connectivity index (χ4n) is 1.13. The van der Waals surface area contributed by atoms with E-state index in [9.17, 15) is 9.46 Å². The van der Waals surface area contributed by atoms with Crippen molar-refractivity contribution in [3.8, 4) is 0 Å². The summed E-state index contributed by atoms with van der Waals surface area (Å²) in [5.41, 5.74) is 0.487. The number of hydrogen-bond donors (Lipinski definition) is 0. The van der Waals surface area contributed by atoms with Crippen LogP contribution in [0, 0.1) is 0 Å². The molecule has 0 N–H and O–H groups in total. The molecular formula is C9H9Cl3O3P-. The van der Waals surface area contributed by atoms with Crippen LogP contribution < -0.4 is 4.89 Å². The van der Waals surface area contributed by atoms with Gasteiger partial charge >= 0.3 is 0 Å². The van der Waals surface area contributed by atoms with Crippen LogP contribution in [0.15, 0.2) is 30.3 Å². The molecule has 0 aliphatic rings. The largest absolute Gasteiger partial charge is 0.779 e. The van der Waals surface area contributed by atoms with Gasteiger partial charge in [0, 0.05) is 6.66 Å². The predicted molar refractivity (Wildman–Crippen MR) is 64.1 cm³/mol. The molecule has 2 atom stereocenters. The molecule has 16 heavy (non-hydrogen) atoms. The van der Waals surface area contributed by atoms with Crippen molar-refractivity contribution in [2.45, 2.75) is 9.90 Å². The molecule has 1 unspecified atom stereocenters. The van der Waals surface area contributed by atoms with Crippen molar-refractivity contribution in [1.29, 1.82) is 0 Å². The van der Waals surface area contributed by atoms with E-state index in [4.69, 9.17) is 39.3 Å². The van der Waals surface area contributed by atoms with E-state index in [1.165, 1.54) is 0 Å². The average molecular weight is 303 g/mol. The second-order valence-corrected chi connectivity index (χ2v) is 7.33. The van der Waals surface area contributed by atoms with Crippen molar-refractivity contribution in [3.05, 3.63) is 35.9 Å². The van der Waals surface area contributed by atoms with Crippen molar-refractivity contribution in [3.63, 3.8) is 0 Å². The van der Waals surface area contributed by atoms with Gasteiger partial charge in [0.1, 0.15) is 13.7 Å². The van der Waals surface area contributed by atoms with Gasteiger partial charge in [0.15, 0.2) is 0 Å². The quantitative estimate of drug-likeness (QED) is 0.636. The van der Waals surface area contributed by atoms with Crippen molar-refractivity contribution < 1.29 is 14.0 Å². The number of alkyl halides is 3. The summed E-state index contributed by atoms with van der Waals surface area (Å²) in [6, 6.07) is 8.42. The van der Waals surface area contributed by atoms with Crippen molar-refractivity contribution >= 4 is 42.4 Å². The predicted octanol–water partition coefficient (Wildman–Crippen LogP) is 3.30. The minimum atomic E-state index is -3.99. The van der Waals surface area contributed by atoms with Gasteiger partial charge in [0.05, 0.1) is 0 Å². The van der Waals surface area contributed by atoms with E-state index in [0.29, 0.717) is 5.56 Å². The third-order valence-corrected chi connectivity index (χ3v) is 2.88. The van der Waals surface area contributed by atoms with E-state index in [2.05, 4.69) is 0 Å². The van der Waals surface area contributed by atoms with E-state index < -0.39 is 17.5 Å². The SMILES string of the molecule is CP(=O)([O-])O[C@H](c1ccccc1)C(Cl)(Cl)Cl. The molecule has 0 saturated heterocycles. The van der Waals surface area contributed by atoms with E-state index in [1.54, 1.807) is 30.3 Å². The molecule has 0 fully saturated rings. The lowest BCUT2D eigenvalue weighted by atomic mass is 10.1. The Labute approximate surface area is 109 Å². The molecule has 0 aliphatic carbocycles. The van der Waals surface area contributed by atoms with Crippen LogP contribution in [-0.4, -0.2) is 10.5 Å². The van der Waals surface area contributed by atoms with Crippen LogP contribution in [0.5, 0.6) is 0 Å². The van der Waals surface area contributed by atoms with Crippen LogP contribution >= 0.6 is 42.4 Å². The van der Waals surface area contributed by atoms with Gasteiger partial charge in [0.2, 0.25) is 3.79 Å². The molecule has 0 heterocycles. The van der Waals surface area contributed by atoms with Gasteiger partial charge in [-0.15, -0.1) is 0 Å². The molecule has 0 spiro atoms. The minimum Gasteiger partial charge on any atom is -0.779 e. The fraction of sp³-hybridized carbons (Fsp3) is 0.333. The molecule has 0 aromatic heterocycles. The second-order valence-electron chi connectivity index (χ2n) is 3.21. The van der Waals surface area contributed by atoms with Gasteiger partial charge in [-0.25, -0.2) is 0 Å². The summed E-state index contributed by atoms with van der Waals surface area (Å²) in [5.74, 6) is 0. The first-order valence-electron chi connectivity index (χ1n) is 4.29. The summed E-state index contributed by atoms with van der Waals surface area (Å²) < 4.78 is 14.0. The summed E-state index contributed by atoms with van der Waals surface area (Å²) in [7, 11) is -3.99. The Morgan fingerprint density at radius 2 is 1.81 bits per heavy atom. The normalized spacial score (nSPS) is 17.8. The lowest BCUT2D eigenvalue weighted by molar-refractivity contribution is -0.200. The molecule has 0 aliphatic heterocycles. The average Bonchev–Trinajstić information content (AvgIpc) is 2.13. The third-order valence-electron chi connectivity index (χ3n) is 1.70. The van der Waals surface area contributed by atoms with E-state index >= 15 is 0 Å². The van der Waals surface area contributed by atoms with Crippen molar-refractivity contribution in [1.82, 2.24) is 0 Å². The third kappa shape index (κ3) is 4.62. The number of halogens is 3. The molecule has 90 valence electrons. The molecule has 1 rings (SSSR count). The zero-order valence-electron chi connectivity index (χ0n) is 8.27. The van der Waals surface area contributed by atoms with Gasteiger partial charge in [-0.3, -0.25) is 0 Å². The first-order chi connectivity index (χ1) is 7.20. The highest BCUT2D eigenvalue weighted by molar-refractivity contribution is 7.50. The molecular weight excluding hydrogens is 293 g/mol. The fourth-order valence-corrected chi connectivity index (χ4v) is 2.49. The lowest BCUT2D eigenvalue weighted by Crippen LogP contribution is -2.21. The number of rotatable bonds is 3. The Bertz CT molecular complexity index is 385. The zero-order valence-corrected chi connectivity index (χ0v) is 11.4. The molecule has 1 aromatic carbocycles. The standard InChI is InChI=1S/C9H10Cl3O3P/c1-16(13,14)15-8(9(10,11)12)7-5-3-2-4-6-7/h2-6,8H,1H3,(H,13,14)/p-1/t8-/m1/s1. The van der Waals surface area contributed by atoms with Crippen LogP contribution in [0.1, 0.15) is 11.7 Å². The lowest BCUT2D eigenvalue weighted by Gasteiger charge is -2.30. The summed E-state index contributed by atoms with van der Waals surface area (Å²) in [5, 5.41) is 0. The highest BCUT2D eigenvalue weighted by atomic mass is 35.6. The zero-order chi connectivity index (χ0) is 12.4. The minimum absolute atomic E-state index is 0.487. The highest BCUT2D eigenvalue weighted by Crippen LogP contribution is 2.49. The van der Waals surface area contributed by atoms with Gasteiger partial charge in [-0.1, -0.05) is 65.1 Å². The number of hydrogen-bond acceptors (Lipinski definition) is 3. The van der Waals surface area contributed by atoms with E-state index in [0.717, 1.165) is 6.66 Å². The molecule has 0 radical (unpaired) electrons. The van der Waals surface area contributed by atoms with Gasteiger partial charge in [0.25, 0.3) is 0 Å². The maximum Gasteiger partial charge on any atom is 0.220 e. The molecule has 1 aromatic rings. The molecule has 0 bridgehead atoms. The second kappa shape index (κ2) is 5.26. The Kier molecular flexibility index (Phi) is 4.70. The van der Waals surface area contributed by atoms with Crippen LogP contribution in [0.25, 0.3) is 0 Å². The van der Waals surface area contributed by atoms with Crippen LogP contribution in [0.3, 0.4) is 0 Å². The summed E-state index contributed by atoms with van der Waals surface area (Å²) >= 11 is 17.1. The van der Waals surface area contributed by atoms with Crippen molar-refractivity contribution in [2.24, 2.45) is 0 Å². The van der Waals surface area contributed by atoms with Crippen LogP contribution in [0.4, 0.5) is 0 Å². The monoisotopic (exact) mass is 301 g/mol. The van der Waals surface area contributed by atoms with Crippen LogP contribution in [0.2, 0.25) is 0 Å². The van der Waals surface area contributed by atoms with Gasteiger partial charge in [-0.2, -0.15) is 0 Å². The maximum absolute atomic E-state index is 11.1. The van der Waals surface area contributed by atoms with Crippen LogP contribution in [-0.2, 0) is 9.09 Å². The smallest absolute Gasteiger partial charge is 0.220 e. The molecule has 0 amide bonds. The van der Waals surface area contributed by atoms with Gasteiger partial charge < -0.3 is 14.0 Å². The maximum atomic E-state index is 11.1. The highest BCUT2D eigenvalue weighted by Gasteiger charge is 2.36. The molecule has 3 nitrogen and oxygen atoms in total. The first kappa shape index (κ1) is 14.3. The van der Waals surface area contributed by atoms with Gasteiger partial charge in [-0.05, 0) is 5.56 Å². The Balaban J connectivity index is 3.03. The topological polar surface area (TPSA) is 49.4 Å². The summed E-state index contributed by atoms with van der Waals surface area (Å²) in [4.78, 5) is 11.1. The Hall–Kier alpha value is 0.240. The van der Waals surface area contributed by atoms with E-state index in [1.807, 2.05) is 0 Å². The number of benzene rings is 1. The summed E-state index contributed by atoms with van der Waals surface area (Å²) in [6.45, 7) is 0.930. The van der Waals surface area contributed by atoms with E-state index in [-0.39, 0.29) is 0 Å². The Morgan fingerprint density at radius 1 is 1.31 bits per heavy atom. The molecule has 0 saturated carbocycles. The molecule has 7 heteroatoms. The van der Waals surface area contributed by atoms with Crippen molar-refractivity contribution in [2.75, 3.05) is 6.66 Å². The Morgan fingerprint density at radius 3 is 2.19 bits per heavy atom. The summed E-state index contributed by atoms with van der Waals surface area (Å²) in [6.07, 6.45) is -1.15. The first-order valence-corrected chi connectivity index (χ1v) is 7.41.